The quantitative estimate of drug-likeness (QED) is 0.366. The number of nitrogens with zero attached hydrogens (tertiary/aromatic N) is 2. The Labute approximate surface area is 214 Å². The van der Waals surface area contributed by atoms with Crippen molar-refractivity contribution in [3.05, 3.63) is 58.8 Å². The molecule has 198 valence electrons. The van der Waals surface area contributed by atoms with Crippen molar-refractivity contribution in [2.45, 2.75) is 58.4 Å². The Balaban J connectivity index is 2.13. The average Bonchev–Trinajstić information content (AvgIpc) is 3.17. The fourth-order valence-corrected chi connectivity index (χ4v) is 4.73. The van der Waals surface area contributed by atoms with E-state index in [0.29, 0.717) is 34.9 Å². The number of hydrogen-bond acceptors (Lipinski definition) is 5. The third-order valence-electron chi connectivity index (χ3n) is 6.17. The lowest BCUT2D eigenvalue weighted by Gasteiger charge is -2.30. The zero-order chi connectivity index (χ0) is 27.1. The molecule has 0 spiro atoms. The van der Waals surface area contributed by atoms with Crippen molar-refractivity contribution in [3.63, 3.8) is 0 Å². The van der Waals surface area contributed by atoms with Crippen LogP contribution in [0.15, 0.2) is 36.4 Å². The zero-order valence-electron chi connectivity index (χ0n) is 21.8. The van der Waals surface area contributed by atoms with Gasteiger partial charge in [0.2, 0.25) is 0 Å². The molecule has 0 fully saturated rings. The van der Waals surface area contributed by atoms with Crippen molar-refractivity contribution in [3.8, 4) is 28.1 Å². The Kier molecular flexibility index (Phi) is 7.12. The predicted molar refractivity (Wildman–Crippen MR) is 133 cm³/mol. The standard InChI is InChI=1S/C28H31F3N2O4/c1-16-14-21(33(5)32-16)19-10-11-20(28(29,30)31)24(25(26(34)35-6)37-27(2,3)4)23(19)18-9-12-22-17(15-18)8-7-13-36-22/h9-12,14-15,25H,7-8,13H2,1-6H3. The number of fused-ring (bicyclic) bond motifs is 1. The van der Waals surface area contributed by atoms with E-state index in [2.05, 4.69) is 5.10 Å². The van der Waals surface area contributed by atoms with Crippen molar-refractivity contribution in [1.82, 2.24) is 9.78 Å². The van der Waals surface area contributed by atoms with Gasteiger partial charge in [0, 0.05) is 18.2 Å². The van der Waals surface area contributed by atoms with Gasteiger partial charge >= 0.3 is 12.1 Å². The van der Waals surface area contributed by atoms with Crippen LogP contribution >= 0.6 is 0 Å². The molecule has 0 aliphatic carbocycles. The van der Waals surface area contributed by atoms with Gasteiger partial charge in [-0.1, -0.05) is 12.1 Å². The van der Waals surface area contributed by atoms with Crippen molar-refractivity contribution in [2.24, 2.45) is 7.05 Å². The normalized spacial score (nSPS) is 14.6. The summed E-state index contributed by atoms with van der Waals surface area (Å²) in [4.78, 5) is 13.1. The molecule has 0 amide bonds. The number of methoxy groups -OCH3 is 1. The van der Waals surface area contributed by atoms with Gasteiger partial charge in [-0.2, -0.15) is 18.3 Å². The molecule has 9 heteroatoms. The summed E-state index contributed by atoms with van der Waals surface area (Å²) < 4.78 is 62.0. The molecule has 3 aromatic rings. The van der Waals surface area contributed by atoms with Crippen molar-refractivity contribution < 1.29 is 32.2 Å². The van der Waals surface area contributed by atoms with Crippen LogP contribution in [-0.2, 0) is 33.9 Å². The third-order valence-corrected chi connectivity index (χ3v) is 6.17. The molecule has 37 heavy (non-hydrogen) atoms. The Morgan fingerprint density at radius 1 is 1.14 bits per heavy atom. The molecule has 0 bridgehead atoms. The van der Waals surface area contributed by atoms with E-state index in [1.54, 1.807) is 50.7 Å². The summed E-state index contributed by atoms with van der Waals surface area (Å²) in [5.74, 6) is -0.210. The van der Waals surface area contributed by atoms with Gasteiger partial charge in [-0.15, -0.1) is 0 Å². The second-order valence-electron chi connectivity index (χ2n) is 10.1. The van der Waals surface area contributed by atoms with Crippen LogP contribution < -0.4 is 4.74 Å². The summed E-state index contributed by atoms with van der Waals surface area (Å²) in [5, 5.41) is 4.40. The first-order chi connectivity index (χ1) is 17.3. The van der Waals surface area contributed by atoms with E-state index in [0.717, 1.165) is 31.6 Å². The van der Waals surface area contributed by atoms with E-state index < -0.39 is 29.4 Å². The summed E-state index contributed by atoms with van der Waals surface area (Å²) in [6.45, 7) is 7.44. The highest BCUT2D eigenvalue weighted by molar-refractivity contribution is 5.90. The van der Waals surface area contributed by atoms with Gasteiger partial charge in [-0.3, -0.25) is 4.68 Å². The molecule has 2 aromatic carbocycles. The number of alkyl halides is 3. The first kappa shape index (κ1) is 26.7. The molecule has 1 unspecified atom stereocenters. The maximum absolute atomic E-state index is 14.6. The van der Waals surface area contributed by atoms with Crippen molar-refractivity contribution in [1.29, 1.82) is 0 Å². The van der Waals surface area contributed by atoms with Crippen LogP contribution in [-0.4, -0.2) is 35.1 Å². The number of rotatable bonds is 5. The van der Waals surface area contributed by atoms with E-state index in [-0.39, 0.29) is 11.1 Å². The Morgan fingerprint density at radius 3 is 2.46 bits per heavy atom. The minimum atomic E-state index is -4.75. The molecular formula is C28H31F3N2O4. The van der Waals surface area contributed by atoms with Crippen LogP contribution in [0.3, 0.4) is 0 Å². The molecule has 1 aliphatic rings. The molecule has 0 saturated heterocycles. The van der Waals surface area contributed by atoms with Crippen LogP contribution in [0.25, 0.3) is 22.4 Å². The number of carbonyl (C=O) groups excluding carboxylic acids is 1. The van der Waals surface area contributed by atoms with Crippen LogP contribution in [0, 0.1) is 6.92 Å². The van der Waals surface area contributed by atoms with Gasteiger partial charge < -0.3 is 14.2 Å². The highest BCUT2D eigenvalue weighted by atomic mass is 19.4. The van der Waals surface area contributed by atoms with Crippen LogP contribution in [0.5, 0.6) is 5.75 Å². The lowest BCUT2D eigenvalue weighted by molar-refractivity contribution is -0.166. The summed E-state index contributed by atoms with van der Waals surface area (Å²) in [6, 6.07) is 9.56. The van der Waals surface area contributed by atoms with E-state index in [1.807, 2.05) is 13.0 Å². The van der Waals surface area contributed by atoms with Crippen molar-refractivity contribution in [2.75, 3.05) is 13.7 Å². The highest BCUT2D eigenvalue weighted by Gasteiger charge is 2.42. The van der Waals surface area contributed by atoms with Crippen LogP contribution in [0.4, 0.5) is 13.2 Å². The first-order valence-corrected chi connectivity index (χ1v) is 12.1. The lowest BCUT2D eigenvalue weighted by atomic mass is 9.85. The number of carbonyl (C=O) groups is 1. The van der Waals surface area contributed by atoms with E-state index in [1.165, 1.54) is 6.07 Å². The Hall–Kier alpha value is -3.33. The summed E-state index contributed by atoms with van der Waals surface area (Å²) in [5.41, 5.74) is 1.27. The zero-order valence-corrected chi connectivity index (χ0v) is 21.8. The average molecular weight is 517 g/mol. The molecule has 1 aliphatic heterocycles. The van der Waals surface area contributed by atoms with Gasteiger partial charge in [-0.25, -0.2) is 4.79 Å². The maximum atomic E-state index is 14.6. The van der Waals surface area contributed by atoms with E-state index >= 15 is 0 Å². The van der Waals surface area contributed by atoms with Gasteiger partial charge in [0.15, 0.2) is 6.10 Å². The second kappa shape index (κ2) is 9.85. The van der Waals surface area contributed by atoms with E-state index in [4.69, 9.17) is 14.2 Å². The summed E-state index contributed by atoms with van der Waals surface area (Å²) in [7, 11) is 2.87. The number of esters is 1. The molecular weight excluding hydrogens is 485 g/mol. The largest absolute Gasteiger partial charge is 0.493 e. The molecule has 0 saturated carbocycles. The molecule has 0 radical (unpaired) electrons. The van der Waals surface area contributed by atoms with Gasteiger partial charge in [-0.05, 0) is 81.5 Å². The van der Waals surface area contributed by atoms with Crippen molar-refractivity contribution >= 4 is 5.97 Å². The first-order valence-electron chi connectivity index (χ1n) is 12.1. The third kappa shape index (κ3) is 5.51. The molecule has 0 N–H and O–H groups in total. The van der Waals surface area contributed by atoms with E-state index in [9.17, 15) is 18.0 Å². The number of aryl methyl sites for hydroxylation is 3. The predicted octanol–water partition coefficient (Wildman–Crippen LogP) is 6.44. The number of halogens is 3. The fourth-order valence-electron chi connectivity index (χ4n) is 4.73. The minimum absolute atomic E-state index is 0.242. The smallest absolute Gasteiger partial charge is 0.416 e. The number of hydrogen-bond donors (Lipinski definition) is 0. The molecule has 1 aromatic heterocycles. The Morgan fingerprint density at radius 2 is 1.86 bits per heavy atom. The number of ether oxygens (including phenoxy) is 3. The molecule has 1 atom stereocenters. The molecule has 4 rings (SSSR count). The molecule has 2 heterocycles. The summed E-state index contributed by atoms with van der Waals surface area (Å²) >= 11 is 0. The Bertz CT molecular complexity index is 1320. The van der Waals surface area contributed by atoms with Gasteiger partial charge in [0.05, 0.1) is 36.3 Å². The summed E-state index contributed by atoms with van der Waals surface area (Å²) in [6.07, 6.45) is -4.84. The topological polar surface area (TPSA) is 62.6 Å². The fraction of sp³-hybridized carbons (Fsp3) is 0.429. The van der Waals surface area contributed by atoms with Gasteiger partial charge in [0.25, 0.3) is 0 Å². The number of aromatic nitrogens is 2. The lowest BCUT2D eigenvalue weighted by Crippen LogP contribution is -2.30. The van der Waals surface area contributed by atoms with Gasteiger partial charge in [0.1, 0.15) is 5.75 Å². The maximum Gasteiger partial charge on any atom is 0.416 e. The monoisotopic (exact) mass is 516 g/mol. The highest BCUT2D eigenvalue weighted by Crippen LogP contribution is 2.47. The van der Waals surface area contributed by atoms with Crippen LogP contribution in [0.1, 0.15) is 55.7 Å². The number of benzene rings is 2. The van der Waals surface area contributed by atoms with Crippen LogP contribution in [0.2, 0.25) is 0 Å². The molecule has 6 nitrogen and oxygen atoms in total. The minimum Gasteiger partial charge on any atom is -0.493 e. The second-order valence-corrected chi connectivity index (χ2v) is 10.1. The SMILES string of the molecule is COC(=O)C(OC(C)(C)C)c1c(C(F)(F)F)ccc(-c2cc(C)nn2C)c1-c1ccc2c(c1)CCCO2.